The lowest BCUT2D eigenvalue weighted by Crippen LogP contribution is -2.40. The number of carbonyl (C=O) groups is 3. The Labute approximate surface area is 154 Å². The first-order valence-electron chi connectivity index (χ1n) is 8.76. The van der Waals surface area contributed by atoms with Crippen LogP contribution in [0.3, 0.4) is 0 Å². The van der Waals surface area contributed by atoms with Crippen LogP contribution < -0.4 is 0 Å². The second kappa shape index (κ2) is 8.56. The minimum absolute atomic E-state index is 0.0655. The first-order chi connectivity index (χ1) is 12.3. The summed E-state index contributed by atoms with van der Waals surface area (Å²) in [6.45, 7) is 5.62. The van der Waals surface area contributed by atoms with Crippen molar-refractivity contribution in [3.05, 3.63) is 70.8 Å². The molecule has 0 aliphatic rings. The molecule has 0 saturated heterocycles. The highest BCUT2D eigenvalue weighted by molar-refractivity contribution is 6.02. The van der Waals surface area contributed by atoms with Crippen molar-refractivity contribution in [3.63, 3.8) is 0 Å². The van der Waals surface area contributed by atoms with E-state index >= 15 is 0 Å². The molecule has 0 heterocycles. The lowest BCUT2D eigenvalue weighted by molar-refractivity contribution is -0.130. The molecule has 0 bridgehead atoms. The normalized spacial score (nSPS) is 11.7. The number of ketones is 2. The smallest absolute Gasteiger partial charge is 0.223 e. The molecule has 0 aliphatic heterocycles. The molecule has 0 radical (unpaired) electrons. The molecule has 2 rings (SSSR count). The molecule has 136 valence electrons. The average molecular weight is 351 g/mol. The van der Waals surface area contributed by atoms with Gasteiger partial charge in [-0.05, 0) is 20.8 Å². The zero-order valence-electron chi connectivity index (χ0n) is 15.8. The van der Waals surface area contributed by atoms with Gasteiger partial charge in [0.15, 0.2) is 11.6 Å². The van der Waals surface area contributed by atoms with E-state index in [2.05, 4.69) is 0 Å². The third-order valence-corrected chi connectivity index (χ3v) is 4.63. The van der Waals surface area contributed by atoms with Gasteiger partial charge in [0.25, 0.3) is 0 Å². The van der Waals surface area contributed by atoms with Crippen LogP contribution in [0.2, 0.25) is 0 Å². The second-order valence-corrected chi connectivity index (χ2v) is 6.70. The Bertz CT molecular complexity index is 791. The number of hydrogen-bond donors (Lipinski definition) is 0. The minimum atomic E-state index is -0.570. The fraction of sp³-hybridized carbons (Fsp3) is 0.318. The van der Waals surface area contributed by atoms with Gasteiger partial charge >= 0.3 is 0 Å². The summed E-state index contributed by atoms with van der Waals surface area (Å²) < 4.78 is 0. The molecular formula is C22H25NO3. The Hall–Kier alpha value is -2.75. The van der Waals surface area contributed by atoms with E-state index in [-0.39, 0.29) is 30.3 Å². The zero-order chi connectivity index (χ0) is 19.3. The molecule has 0 aromatic heterocycles. The molecule has 0 saturated carbocycles. The molecule has 1 amide bonds. The summed E-state index contributed by atoms with van der Waals surface area (Å²) in [5, 5.41) is 0. The highest BCUT2D eigenvalue weighted by Gasteiger charge is 2.23. The maximum atomic E-state index is 12.5. The quantitative estimate of drug-likeness (QED) is 0.709. The number of carbonyl (C=O) groups excluding carboxylic acids is 3. The molecule has 0 aliphatic carbocycles. The van der Waals surface area contributed by atoms with E-state index in [4.69, 9.17) is 0 Å². The number of likely N-dealkylation sites (N-methyl/N-ethyl adjacent to an activating group) is 1. The monoisotopic (exact) mass is 351 g/mol. The van der Waals surface area contributed by atoms with Crippen molar-refractivity contribution in [3.8, 4) is 0 Å². The molecule has 1 atom stereocenters. The van der Waals surface area contributed by atoms with Gasteiger partial charge in [0.1, 0.15) is 0 Å². The van der Waals surface area contributed by atoms with Gasteiger partial charge < -0.3 is 4.90 Å². The van der Waals surface area contributed by atoms with Gasteiger partial charge in [0, 0.05) is 31.0 Å². The van der Waals surface area contributed by atoms with Crippen molar-refractivity contribution in [2.24, 2.45) is 0 Å². The van der Waals surface area contributed by atoms with E-state index in [1.54, 1.807) is 38.2 Å². The standard InChI is InChI=1S/C22H25NO3/c1-15-5-9-18(10-6-15)20(24)13-14-21(25)23(4)17(3)22(26)19-11-7-16(2)8-12-19/h5-12,17H,13-14H2,1-4H3. The van der Waals surface area contributed by atoms with Crippen molar-refractivity contribution in [2.75, 3.05) is 7.05 Å². The van der Waals surface area contributed by atoms with Crippen molar-refractivity contribution >= 4 is 17.5 Å². The third-order valence-electron chi connectivity index (χ3n) is 4.63. The summed E-state index contributed by atoms with van der Waals surface area (Å²) in [5.74, 6) is -0.381. The van der Waals surface area contributed by atoms with Crippen LogP contribution in [0.25, 0.3) is 0 Å². The maximum Gasteiger partial charge on any atom is 0.223 e. The van der Waals surface area contributed by atoms with E-state index in [1.165, 1.54) is 4.90 Å². The Balaban J connectivity index is 1.93. The Morgan fingerprint density at radius 3 is 1.77 bits per heavy atom. The van der Waals surface area contributed by atoms with E-state index in [9.17, 15) is 14.4 Å². The van der Waals surface area contributed by atoms with Gasteiger partial charge in [-0.2, -0.15) is 0 Å². The van der Waals surface area contributed by atoms with Crippen LogP contribution in [-0.4, -0.2) is 35.5 Å². The van der Waals surface area contributed by atoms with Crippen molar-refractivity contribution < 1.29 is 14.4 Å². The molecule has 1 unspecified atom stereocenters. The SMILES string of the molecule is Cc1ccc(C(=O)CCC(=O)N(C)C(C)C(=O)c2ccc(C)cc2)cc1. The van der Waals surface area contributed by atoms with Gasteiger partial charge in [-0.25, -0.2) is 0 Å². The van der Waals surface area contributed by atoms with Crippen LogP contribution >= 0.6 is 0 Å². The molecule has 2 aromatic carbocycles. The van der Waals surface area contributed by atoms with Gasteiger partial charge in [0.2, 0.25) is 5.91 Å². The second-order valence-electron chi connectivity index (χ2n) is 6.70. The summed E-state index contributed by atoms with van der Waals surface area (Å²) in [6.07, 6.45) is 0.229. The van der Waals surface area contributed by atoms with E-state index < -0.39 is 6.04 Å². The first kappa shape index (κ1) is 19.6. The number of rotatable bonds is 7. The number of aryl methyl sites for hydroxylation is 2. The molecular weight excluding hydrogens is 326 g/mol. The minimum Gasteiger partial charge on any atom is -0.336 e. The van der Waals surface area contributed by atoms with Crippen LogP contribution in [0.15, 0.2) is 48.5 Å². The number of hydrogen-bond acceptors (Lipinski definition) is 3. The van der Waals surface area contributed by atoms with Crippen LogP contribution in [0.4, 0.5) is 0 Å². The predicted octanol–water partition coefficient (Wildman–Crippen LogP) is 4.00. The molecule has 4 heteroatoms. The summed E-state index contributed by atoms with van der Waals surface area (Å²) in [5.41, 5.74) is 3.35. The molecule has 2 aromatic rings. The molecule has 4 nitrogen and oxygen atoms in total. The number of benzene rings is 2. The van der Waals surface area contributed by atoms with Gasteiger partial charge in [-0.3, -0.25) is 14.4 Å². The van der Waals surface area contributed by atoms with E-state index in [1.807, 2.05) is 38.1 Å². The van der Waals surface area contributed by atoms with Crippen molar-refractivity contribution in [1.82, 2.24) is 4.90 Å². The summed E-state index contributed by atoms with van der Waals surface area (Å²) in [7, 11) is 1.61. The fourth-order valence-electron chi connectivity index (χ4n) is 2.63. The largest absolute Gasteiger partial charge is 0.336 e. The number of amides is 1. The fourth-order valence-corrected chi connectivity index (χ4v) is 2.63. The van der Waals surface area contributed by atoms with Gasteiger partial charge in [-0.15, -0.1) is 0 Å². The molecule has 0 N–H and O–H groups in total. The Morgan fingerprint density at radius 1 is 0.808 bits per heavy atom. The molecule has 0 fully saturated rings. The molecule has 26 heavy (non-hydrogen) atoms. The highest BCUT2D eigenvalue weighted by atomic mass is 16.2. The number of nitrogens with zero attached hydrogens (tertiary/aromatic N) is 1. The first-order valence-corrected chi connectivity index (χ1v) is 8.76. The van der Waals surface area contributed by atoms with Crippen LogP contribution in [0.5, 0.6) is 0 Å². The van der Waals surface area contributed by atoms with Crippen molar-refractivity contribution in [2.45, 2.75) is 39.7 Å². The van der Waals surface area contributed by atoms with Crippen LogP contribution in [0.1, 0.15) is 51.6 Å². The molecule has 0 spiro atoms. The van der Waals surface area contributed by atoms with E-state index in [0.29, 0.717) is 11.1 Å². The number of Topliss-reactive ketones (excluding diaryl/α,β-unsaturated/α-hetero) is 2. The maximum absolute atomic E-state index is 12.5. The highest BCUT2D eigenvalue weighted by Crippen LogP contribution is 2.13. The van der Waals surface area contributed by atoms with Crippen LogP contribution in [0, 0.1) is 13.8 Å². The lowest BCUT2D eigenvalue weighted by atomic mass is 10.0. The van der Waals surface area contributed by atoms with Gasteiger partial charge in [-0.1, -0.05) is 59.7 Å². The Kier molecular flexibility index (Phi) is 6.45. The summed E-state index contributed by atoms with van der Waals surface area (Å²) >= 11 is 0. The van der Waals surface area contributed by atoms with Crippen molar-refractivity contribution in [1.29, 1.82) is 0 Å². The summed E-state index contributed by atoms with van der Waals surface area (Å²) in [6, 6.07) is 14.0. The lowest BCUT2D eigenvalue weighted by Gasteiger charge is -2.24. The Morgan fingerprint density at radius 2 is 1.27 bits per heavy atom. The average Bonchev–Trinajstić information content (AvgIpc) is 2.65. The van der Waals surface area contributed by atoms with Crippen LogP contribution in [-0.2, 0) is 4.79 Å². The van der Waals surface area contributed by atoms with Gasteiger partial charge in [0.05, 0.1) is 6.04 Å². The van der Waals surface area contributed by atoms with E-state index in [0.717, 1.165) is 11.1 Å². The zero-order valence-corrected chi connectivity index (χ0v) is 15.8. The summed E-state index contributed by atoms with van der Waals surface area (Å²) in [4.78, 5) is 38.5. The topological polar surface area (TPSA) is 54.5 Å². The third kappa shape index (κ3) is 4.88. The predicted molar refractivity (Wildman–Crippen MR) is 102 cm³/mol.